The Balaban J connectivity index is 2.70. The first-order valence-corrected chi connectivity index (χ1v) is 5.29. The molecular formula is C7H12Ge. The van der Waals surface area contributed by atoms with Gasteiger partial charge >= 0.3 is 58.4 Å². The van der Waals surface area contributed by atoms with Gasteiger partial charge in [-0.15, -0.1) is 0 Å². The maximum atomic E-state index is 2.28. The molecule has 0 N–H and O–H groups in total. The van der Waals surface area contributed by atoms with E-state index in [1.807, 2.05) is 0 Å². The Labute approximate surface area is 58.9 Å². The van der Waals surface area contributed by atoms with Crippen LogP contribution in [0.2, 0.25) is 0 Å². The van der Waals surface area contributed by atoms with E-state index in [-0.39, 0.29) is 0 Å². The van der Waals surface area contributed by atoms with Gasteiger partial charge in [0.1, 0.15) is 0 Å². The van der Waals surface area contributed by atoms with E-state index in [4.69, 9.17) is 0 Å². The van der Waals surface area contributed by atoms with Gasteiger partial charge in [-0.2, -0.15) is 0 Å². The van der Waals surface area contributed by atoms with Gasteiger partial charge in [0.2, 0.25) is 0 Å². The monoisotopic (exact) mass is 170 g/mol. The quantitative estimate of drug-likeness (QED) is 0.513. The molecule has 0 aliphatic heterocycles. The summed E-state index contributed by atoms with van der Waals surface area (Å²) in [6.45, 7) is 2.23. The van der Waals surface area contributed by atoms with Crippen LogP contribution in [0.4, 0.5) is 0 Å². The summed E-state index contributed by atoms with van der Waals surface area (Å²) in [5, 5.41) is 0. The van der Waals surface area contributed by atoms with Crippen LogP contribution in [0.15, 0.2) is 22.1 Å². The summed E-state index contributed by atoms with van der Waals surface area (Å²) in [6, 6.07) is 0. The summed E-state index contributed by atoms with van der Waals surface area (Å²) < 4.78 is 1.74. The van der Waals surface area contributed by atoms with Crippen LogP contribution in [0, 0.1) is 0 Å². The van der Waals surface area contributed by atoms with Gasteiger partial charge in [-0.1, -0.05) is 0 Å². The molecule has 0 saturated heterocycles. The zero-order valence-corrected chi connectivity index (χ0v) is 9.77. The minimum absolute atomic E-state index is 0.932. The molecule has 0 bridgehead atoms. The molecule has 1 aliphatic rings. The predicted molar refractivity (Wildman–Crippen MR) is 41.0 cm³/mol. The Bertz CT molecular complexity index is 142. The molecule has 0 saturated carbocycles. The van der Waals surface area contributed by atoms with Crippen molar-refractivity contribution in [3.63, 3.8) is 0 Å². The van der Waals surface area contributed by atoms with Gasteiger partial charge in [0.15, 0.2) is 0 Å². The van der Waals surface area contributed by atoms with Gasteiger partial charge in [0, 0.05) is 0 Å². The fourth-order valence-corrected chi connectivity index (χ4v) is 2.66. The van der Waals surface area contributed by atoms with Crippen molar-refractivity contribution in [2.75, 3.05) is 0 Å². The molecule has 44 valence electrons. The summed E-state index contributed by atoms with van der Waals surface area (Å²) in [5.74, 6) is 0. The summed E-state index contributed by atoms with van der Waals surface area (Å²) >= 11 is 0.932. The molecule has 0 amide bonds. The van der Waals surface area contributed by atoms with Crippen LogP contribution >= 0.6 is 0 Å². The van der Waals surface area contributed by atoms with Gasteiger partial charge in [-0.3, -0.25) is 0 Å². The van der Waals surface area contributed by atoms with Crippen LogP contribution in [0.1, 0.15) is 19.8 Å². The molecule has 1 rings (SSSR count). The van der Waals surface area contributed by atoms with Crippen molar-refractivity contribution in [1.82, 2.24) is 0 Å². The van der Waals surface area contributed by atoms with E-state index in [0.717, 1.165) is 16.5 Å². The summed E-state index contributed by atoms with van der Waals surface area (Å²) in [6.07, 6.45) is 7.07. The van der Waals surface area contributed by atoms with Gasteiger partial charge in [0.05, 0.1) is 0 Å². The Morgan fingerprint density at radius 2 is 2.50 bits per heavy atom. The zero-order chi connectivity index (χ0) is 5.98. The average molecular weight is 169 g/mol. The molecule has 0 atom stereocenters. The van der Waals surface area contributed by atoms with E-state index in [2.05, 4.69) is 19.1 Å². The van der Waals surface area contributed by atoms with Crippen molar-refractivity contribution in [1.29, 1.82) is 0 Å². The van der Waals surface area contributed by atoms with Crippen molar-refractivity contribution in [2.24, 2.45) is 0 Å². The van der Waals surface area contributed by atoms with Crippen LogP contribution in [0.3, 0.4) is 0 Å². The Morgan fingerprint density at radius 1 is 1.75 bits per heavy atom. The fraction of sp³-hybridized carbons (Fsp3) is 0.429. The van der Waals surface area contributed by atoms with Crippen molar-refractivity contribution < 1.29 is 0 Å². The molecule has 0 unspecified atom stereocenters. The van der Waals surface area contributed by atoms with Crippen LogP contribution < -0.4 is 0 Å². The van der Waals surface area contributed by atoms with Gasteiger partial charge in [0.25, 0.3) is 0 Å². The summed E-state index contributed by atoms with van der Waals surface area (Å²) in [4.78, 5) is 0. The van der Waals surface area contributed by atoms with Crippen LogP contribution in [-0.4, -0.2) is 16.5 Å². The third kappa shape index (κ3) is 1.05. The predicted octanol–water partition coefficient (Wildman–Crippen LogP) is 0.976. The topological polar surface area (TPSA) is 0 Å². The standard InChI is InChI=1S/C7H12Ge/c1-2-6-4-3-5-7(6)8/h3-4H,2,5H2,1,8H3. The first-order chi connectivity index (χ1) is 3.84. The normalized spacial score (nSPS) is 18.6. The molecule has 0 aromatic heterocycles. The molecule has 0 aromatic rings. The fourth-order valence-electron chi connectivity index (χ4n) is 1.07. The molecular weight excluding hydrogens is 157 g/mol. The summed E-state index contributed by atoms with van der Waals surface area (Å²) in [7, 11) is 0. The van der Waals surface area contributed by atoms with Crippen LogP contribution in [0.5, 0.6) is 0 Å². The minimum atomic E-state index is 0.932. The number of hydrogen-bond donors (Lipinski definition) is 0. The Morgan fingerprint density at radius 3 is 2.75 bits per heavy atom. The molecule has 0 nitrogen and oxygen atoms in total. The van der Waals surface area contributed by atoms with E-state index >= 15 is 0 Å². The first kappa shape index (κ1) is 6.15. The maximum absolute atomic E-state index is 2.28. The van der Waals surface area contributed by atoms with Crippen molar-refractivity contribution in [3.05, 3.63) is 22.1 Å². The second kappa shape index (κ2) is 2.54. The van der Waals surface area contributed by atoms with Crippen molar-refractivity contribution >= 4 is 16.5 Å². The summed E-state index contributed by atoms with van der Waals surface area (Å²) in [5.41, 5.74) is 1.62. The van der Waals surface area contributed by atoms with Gasteiger partial charge < -0.3 is 0 Å². The second-order valence-electron chi connectivity index (χ2n) is 2.27. The molecule has 8 heavy (non-hydrogen) atoms. The number of allylic oxidation sites excluding steroid dienone is 4. The second-order valence-corrected chi connectivity index (χ2v) is 4.80. The van der Waals surface area contributed by atoms with Crippen LogP contribution in [0.25, 0.3) is 0 Å². The van der Waals surface area contributed by atoms with E-state index in [1.165, 1.54) is 12.8 Å². The van der Waals surface area contributed by atoms with E-state index < -0.39 is 0 Å². The molecule has 1 heteroatoms. The molecule has 0 aromatic carbocycles. The van der Waals surface area contributed by atoms with Crippen LogP contribution in [-0.2, 0) is 0 Å². The zero-order valence-electron chi connectivity index (χ0n) is 5.57. The van der Waals surface area contributed by atoms with E-state index in [9.17, 15) is 0 Å². The average Bonchev–Trinajstić information content (AvgIpc) is 2.14. The van der Waals surface area contributed by atoms with Gasteiger partial charge in [-0.25, -0.2) is 0 Å². The molecule has 0 heterocycles. The molecule has 0 fully saturated rings. The van der Waals surface area contributed by atoms with Crippen molar-refractivity contribution in [3.8, 4) is 0 Å². The molecule has 0 radical (unpaired) electrons. The number of hydrogen-bond acceptors (Lipinski definition) is 0. The third-order valence-electron chi connectivity index (χ3n) is 1.67. The SMILES string of the molecule is CCC1=[C]([GeH3])CC=C1. The Kier molecular flexibility index (Phi) is 1.95. The van der Waals surface area contributed by atoms with Gasteiger partial charge in [-0.05, 0) is 0 Å². The third-order valence-corrected chi connectivity index (χ3v) is 3.88. The van der Waals surface area contributed by atoms with E-state index in [0.29, 0.717) is 0 Å². The molecule has 0 spiro atoms. The Hall–Kier alpha value is 0.0229. The first-order valence-electron chi connectivity index (χ1n) is 3.19. The van der Waals surface area contributed by atoms with E-state index in [1.54, 1.807) is 9.98 Å². The van der Waals surface area contributed by atoms with Crippen molar-refractivity contribution in [2.45, 2.75) is 19.8 Å². The molecule has 1 aliphatic carbocycles. The number of rotatable bonds is 1.